The summed E-state index contributed by atoms with van der Waals surface area (Å²) in [7, 11) is 0. The Morgan fingerprint density at radius 2 is 1.86 bits per heavy atom. The summed E-state index contributed by atoms with van der Waals surface area (Å²) in [5, 5.41) is 11.5. The standard InChI is InChI=1S/C28H30N2O6/c1-3-15-29-22-10-6-5-9-21(22)28(27(29)34)23(24(31)18-11-13-19(14-12-18)35-4-2)25(32)26(33)30(28)17-20-8-7-16-36-20/h5-6,9-14,20,31H,3-4,7-8,15-17H2,1-2H3/t20-,28+/m1/s1. The Bertz CT molecular complexity index is 1230. The van der Waals surface area contributed by atoms with Crippen LogP contribution < -0.4 is 9.64 Å². The Labute approximate surface area is 210 Å². The molecule has 1 spiro atoms. The molecule has 188 valence electrons. The first-order chi connectivity index (χ1) is 17.4. The highest BCUT2D eigenvalue weighted by molar-refractivity contribution is 6.50. The van der Waals surface area contributed by atoms with E-state index in [1.807, 2.05) is 26.0 Å². The van der Waals surface area contributed by atoms with Gasteiger partial charge in [0.05, 0.1) is 24.0 Å². The second-order valence-electron chi connectivity index (χ2n) is 9.25. The number of Topliss-reactive ketones (excluding diaryl/α,β-unsaturated/α-hetero) is 1. The average Bonchev–Trinajstić information content (AvgIpc) is 3.55. The van der Waals surface area contributed by atoms with Gasteiger partial charge >= 0.3 is 0 Å². The van der Waals surface area contributed by atoms with E-state index >= 15 is 0 Å². The van der Waals surface area contributed by atoms with Crippen LogP contribution >= 0.6 is 0 Å². The van der Waals surface area contributed by atoms with Crippen LogP contribution in [0.2, 0.25) is 0 Å². The molecule has 3 aliphatic heterocycles. The van der Waals surface area contributed by atoms with Crippen LogP contribution in [-0.4, -0.2) is 60.0 Å². The van der Waals surface area contributed by atoms with E-state index in [-0.39, 0.29) is 24.0 Å². The molecule has 2 aromatic rings. The Hall–Kier alpha value is -3.65. The highest BCUT2D eigenvalue weighted by Crippen LogP contribution is 2.53. The van der Waals surface area contributed by atoms with E-state index < -0.39 is 23.1 Å². The van der Waals surface area contributed by atoms with E-state index in [1.54, 1.807) is 41.3 Å². The van der Waals surface area contributed by atoms with E-state index in [1.165, 1.54) is 4.90 Å². The predicted molar refractivity (Wildman–Crippen MR) is 134 cm³/mol. The normalized spacial score (nSPS) is 24.7. The fourth-order valence-electron chi connectivity index (χ4n) is 5.57. The molecule has 36 heavy (non-hydrogen) atoms. The number of benzene rings is 2. The number of nitrogens with zero attached hydrogens (tertiary/aromatic N) is 2. The number of ether oxygens (including phenoxy) is 2. The third-order valence-corrected chi connectivity index (χ3v) is 7.11. The van der Waals surface area contributed by atoms with Gasteiger partial charge < -0.3 is 24.4 Å². The number of likely N-dealkylation sites (tertiary alicyclic amines) is 1. The lowest BCUT2D eigenvalue weighted by molar-refractivity contribution is -0.145. The molecule has 2 fully saturated rings. The summed E-state index contributed by atoms with van der Waals surface area (Å²) in [6.45, 7) is 5.40. The highest BCUT2D eigenvalue weighted by atomic mass is 16.5. The molecule has 0 radical (unpaired) electrons. The van der Waals surface area contributed by atoms with Gasteiger partial charge in [0.1, 0.15) is 11.5 Å². The fraction of sp³-hybridized carbons (Fsp3) is 0.393. The molecule has 0 aromatic heterocycles. The molecule has 0 aliphatic carbocycles. The zero-order valence-corrected chi connectivity index (χ0v) is 20.5. The van der Waals surface area contributed by atoms with E-state index in [2.05, 4.69) is 0 Å². The lowest BCUT2D eigenvalue weighted by atomic mass is 9.81. The summed E-state index contributed by atoms with van der Waals surface area (Å²) < 4.78 is 11.3. The molecule has 0 bridgehead atoms. The molecule has 1 N–H and O–H groups in total. The number of para-hydroxylation sites is 1. The molecule has 8 nitrogen and oxygen atoms in total. The van der Waals surface area contributed by atoms with Crippen molar-refractivity contribution in [3.63, 3.8) is 0 Å². The number of amides is 2. The smallest absolute Gasteiger partial charge is 0.296 e. The maximum atomic E-state index is 14.3. The number of carbonyl (C=O) groups is 3. The molecule has 8 heteroatoms. The van der Waals surface area contributed by atoms with Crippen LogP contribution in [0.5, 0.6) is 5.75 Å². The van der Waals surface area contributed by atoms with Crippen LogP contribution in [-0.2, 0) is 24.7 Å². The first kappa shape index (κ1) is 24.1. The van der Waals surface area contributed by atoms with Crippen molar-refractivity contribution in [3.05, 3.63) is 65.2 Å². The minimum absolute atomic E-state index is 0.0880. The van der Waals surface area contributed by atoms with Gasteiger partial charge in [0, 0.05) is 30.8 Å². The number of aliphatic hydroxyl groups is 1. The van der Waals surface area contributed by atoms with Crippen LogP contribution in [0, 0.1) is 0 Å². The maximum Gasteiger partial charge on any atom is 0.296 e. The summed E-state index contributed by atoms with van der Waals surface area (Å²) in [5.74, 6) is -1.86. The number of hydrogen-bond donors (Lipinski definition) is 1. The largest absolute Gasteiger partial charge is 0.507 e. The highest BCUT2D eigenvalue weighted by Gasteiger charge is 2.67. The Kier molecular flexibility index (Phi) is 6.30. The van der Waals surface area contributed by atoms with Crippen LogP contribution in [0.15, 0.2) is 54.1 Å². The first-order valence-corrected chi connectivity index (χ1v) is 12.5. The summed E-state index contributed by atoms with van der Waals surface area (Å²) in [5.41, 5.74) is -0.471. The summed E-state index contributed by atoms with van der Waals surface area (Å²) in [6, 6.07) is 13.8. The molecule has 0 unspecified atom stereocenters. The van der Waals surface area contributed by atoms with Gasteiger partial charge in [-0.05, 0) is 56.5 Å². The minimum atomic E-state index is -1.76. The van der Waals surface area contributed by atoms with Gasteiger partial charge in [-0.1, -0.05) is 25.1 Å². The maximum absolute atomic E-state index is 14.3. The molecule has 2 saturated heterocycles. The Morgan fingerprint density at radius 3 is 2.53 bits per heavy atom. The quantitative estimate of drug-likeness (QED) is 0.362. The average molecular weight is 491 g/mol. The number of carbonyl (C=O) groups excluding carboxylic acids is 3. The number of ketones is 1. The molecule has 3 aliphatic rings. The van der Waals surface area contributed by atoms with Crippen molar-refractivity contribution in [1.29, 1.82) is 0 Å². The molecular formula is C28H30N2O6. The third-order valence-electron chi connectivity index (χ3n) is 7.11. The number of anilines is 1. The molecule has 2 atom stereocenters. The zero-order valence-electron chi connectivity index (χ0n) is 20.5. The van der Waals surface area contributed by atoms with Crippen molar-refractivity contribution < 1.29 is 29.0 Å². The monoisotopic (exact) mass is 490 g/mol. The van der Waals surface area contributed by atoms with Gasteiger partial charge in [-0.2, -0.15) is 0 Å². The van der Waals surface area contributed by atoms with Crippen molar-refractivity contribution in [3.8, 4) is 5.75 Å². The summed E-state index contributed by atoms with van der Waals surface area (Å²) in [6.07, 6.45) is 1.98. The summed E-state index contributed by atoms with van der Waals surface area (Å²) in [4.78, 5) is 44.4. The summed E-state index contributed by atoms with van der Waals surface area (Å²) >= 11 is 0. The molecule has 3 heterocycles. The first-order valence-electron chi connectivity index (χ1n) is 12.5. The number of hydrogen-bond acceptors (Lipinski definition) is 6. The van der Waals surface area contributed by atoms with Gasteiger partial charge in [0.2, 0.25) is 0 Å². The van der Waals surface area contributed by atoms with Crippen LogP contribution in [0.1, 0.15) is 44.2 Å². The number of rotatable bonds is 7. The molecule has 5 rings (SSSR count). The molecule has 2 amide bonds. The molecule has 0 saturated carbocycles. The second-order valence-corrected chi connectivity index (χ2v) is 9.25. The van der Waals surface area contributed by atoms with Crippen LogP contribution in [0.4, 0.5) is 5.69 Å². The van der Waals surface area contributed by atoms with E-state index in [4.69, 9.17) is 9.47 Å². The predicted octanol–water partition coefficient (Wildman–Crippen LogP) is 3.60. The van der Waals surface area contributed by atoms with Crippen LogP contribution in [0.25, 0.3) is 5.76 Å². The van der Waals surface area contributed by atoms with Crippen molar-refractivity contribution in [2.75, 3.05) is 31.2 Å². The lowest BCUT2D eigenvalue weighted by Crippen LogP contribution is -2.53. The van der Waals surface area contributed by atoms with Crippen molar-refractivity contribution in [2.24, 2.45) is 0 Å². The van der Waals surface area contributed by atoms with Gasteiger partial charge in [0.25, 0.3) is 17.6 Å². The van der Waals surface area contributed by atoms with Gasteiger partial charge in [0.15, 0.2) is 5.54 Å². The SMILES string of the molecule is CCCN1C(=O)[C@@]2(C(=C(O)c3ccc(OCC)cc3)C(=O)C(=O)N2C[C@H]2CCCO2)c2ccccc21. The second kappa shape index (κ2) is 9.43. The lowest BCUT2D eigenvalue weighted by Gasteiger charge is -2.35. The topological polar surface area (TPSA) is 96.4 Å². The minimum Gasteiger partial charge on any atom is -0.507 e. The molecule has 2 aromatic carbocycles. The van der Waals surface area contributed by atoms with Gasteiger partial charge in [-0.15, -0.1) is 0 Å². The molecular weight excluding hydrogens is 460 g/mol. The van der Waals surface area contributed by atoms with Gasteiger partial charge in [-0.25, -0.2) is 0 Å². The van der Waals surface area contributed by atoms with Crippen LogP contribution in [0.3, 0.4) is 0 Å². The van der Waals surface area contributed by atoms with E-state index in [0.29, 0.717) is 48.7 Å². The zero-order chi connectivity index (χ0) is 25.4. The Balaban J connectivity index is 1.74. The number of aliphatic hydroxyl groups excluding tert-OH is 1. The number of fused-ring (bicyclic) bond motifs is 2. The van der Waals surface area contributed by atoms with Crippen molar-refractivity contribution >= 4 is 29.0 Å². The fourth-order valence-corrected chi connectivity index (χ4v) is 5.57. The van der Waals surface area contributed by atoms with Crippen molar-refractivity contribution in [2.45, 2.75) is 44.8 Å². The van der Waals surface area contributed by atoms with Crippen molar-refractivity contribution in [1.82, 2.24) is 4.90 Å². The third kappa shape index (κ3) is 3.51. The van der Waals surface area contributed by atoms with Gasteiger partial charge in [-0.3, -0.25) is 14.4 Å². The van der Waals surface area contributed by atoms with E-state index in [0.717, 1.165) is 12.8 Å². The Morgan fingerprint density at radius 1 is 1.11 bits per heavy atom. The van der Waals surface area contributed by atoms with E-state index in [9.17, 15) is 19.5 Å².